The number of ether oxygens (including phenoxy) is 1. The maximum atomic E-state index is 10.0. The molecule has 1 fully saturated rings. The van der Waals surface area contributed by atoms with Crippen LogP contribution in [-0.2, 0) is 4.74 Å². The Kier molecular flexibility index (Phi) is 2.55. The Morgan fingerprint density at radius 2 is 2.18 bits per heavy atom. The topological polar surface area (TPSA) is 29.5 Å². The Morgan fingerprint density at radius 3 is 2.55 bits per heavy atom. The van der Waals surface area contributed by atoms with Gasteiger partial charge in [-0.2, -0.15) is 0 Å². The zero-order valence-electron chi connectivity index (χ0n) is 7.63. The molecule has 1 aliphatic rings. The maximum Gasteiger partial charge on any atom is 0.0717 e. The Labute approximate surface area is 68.6 Å². The highest BCUT2D eigenvalue weighted by Gasteiger charge is 2.35. The number of rotatable bonds is 1. The zero-order valence-corrected chi connectivity index (χ0v) is 7.63. The number of aliphatic hydroxyl groups is 1. The van der Waals surface area contributed by atoms with E-state index in [1.807, 2.05) is 6.92 Å². The van der Waals surface area contributed by atoms with Gasteiger partial charge in [-0.05, 0) is 19.3 Å². The van der Waals surface area contributed by atoms with E-state index in [1.54, 1.807) is 0 Å². The number of hydrogen-bond acceptors (Lipinski definition) is 2. The summed E-state index contributed by atoms with van der Waals surface area (Å²) in [6.45, 7) is 6.86. The summed E-state index contributed by atoms with van der Waals surface area (Å²) in [4.78, 5) is 0. The molecule has 66 valence electrons. The lowest BCUT2D eigenvalue weighted by molar-refractivity contribution is -0.119. The van der Waals surface area contributed by atoms with Gasteiger partial charge in [0, 0.05) is 13.0 Å². The van der Waals surface area contributed by atoms with Crippen molar-refractivity contribution in [3.8, 4) is 0 Å². The van der Waals surface area contributed by atoms with Gasteiger partial charge in [0.25, 0.3) is 0 Å². The molecule has 2 nitrogen and oxygen atoms in total. The molecule has 2 atom stereocenters. The molecule has 1 saturated heterocycles. The average molecular weight is 158 g/mol. The van der Waals surface area contributed by atoms with Gasteiger partial charge in [-0.1, -0.05) is 13.8 Å². The molecule has 1 heterocycles. The van der Waals surface area contributed by atoms with Crippen molar-refractivity contribution in [1.29, 1.82) is 0 Å². The zero-order chi connectivity index (χ0) is 8.48. The van der Waals surface area contributed by atoms with Gasteiger partial charge in [0.1, 0.15) is 0 Å². The van der Waals surface area contributed by atoms with Crippen LogP contribution in [0.25, 0.3) is 0 Å². The van der Waals surface area contributed by atoms with Crippen molar-refractivity contribution < 1.29 is 9.84 Å². The first kappa shape index (κ1) is 9.01. The minimum Gasteiger partial charge on any atom is -0.389 e. The molecule has 0 bridgehead atoms. The molecule has 0 aromatic rings. The molecule has 0 radical (unpaired) electrons. The van der Waals surface area contributed by atoms with Crippen LogP contribution in [0.5, 0.6) is 0 Å². The average Bonchev–Trinajstić information content (AvgIpc) is 1.86. The molecule has 2 heteroatoms. The summed E-state index contributed by atoms with van der Waals surface area (Å²) in [5.41, 5.74) is -0.475. The summed E-state index contributed by atoms with van der Waals surface area (Å²) in [6, 6.07) is 0. The second-order valence-electron chi connectivity index (χ2n) is 3.89. The van der Waals surface area contributed by atoms with E-state index in [2.05, 4.69) is 13.8 Å². The van der Waals surface area contributed by atoms with Gasteiger partial charge < -0.3 is 9.84 Å². The predicted octanol–water partition coefficient (Wildman–Crippen LogP) is 1.57. The third-order valence-corrected chi connectivity index (χ3v) is 2.65. The first-order chi connectivity index (χ1) is 5.04. The summed E-state index contributed by atoms with van der Waals surface area (Å²) in [5, 5.41) is 10.0. The molecule has 0 aromatic heterocycles. The van der Waals surface area contributed by atoms with Crippen LogP contribution in [0.3, 0.4) is 0 Å². The molecule has 0 aromatic carbocycles. The SMILES string of the molecule is CC1CC(O)(C(C)C)CCO1. The molecule has 1 aliphatic heterocycles. The molecule has 0 aliphatic carbocycles. The van der Waals surface area contributed by atoms with Gasteiger partial charge in [-0.3, -0.25) is 0 Å². The standard InChI is InChI=1S/C9H18O2/c1-7(2)9(10)4-5-11-8(3)6-9/h7-8,10H,4-6H2,1-3H3. The van der Waals surface area contributed by atoms with E-state index in [4.69, 9.17) is 4.74 Å². The normalized spacial score (nSPS) is 39.5. The minimum atomic E-state index is -0.475. The van der Waals surface area contributed by atoms with E-state index in [9.17, 15) is 5.11 Å². The number of hydrogen-bond donors (Lipinski definition) is 1. The van der Waals surface area contributed by atoms with Crippen molar-refractivity contribution in [2.75, 3.05) is 6.61 Å². The second-order valence-corrected chi connectivity index (χ2v) is 3.89. The molecule has 1 rings (SSSR count). The molecule has 2 unspecified atom stereocenters. The van der Waals surface area contributed by atoms with Crippen molar-refractivity contribution in [3.63, 3.8) is 0 Å². The van der Waals surface area contributed by atoms with Crippen LogP contribution < -0.4 is 0 Å². The molecular weight excluding hydrogens is 140 g/mol. The predicted molar refractivity (Wildman–Crippen MR) is 44.4 cm³/mol. The van der Waals surface area contributed by atoms with Crippen LogP contribution in [0.15, 0.2) is 0 Å². The second kappa shape index (κ2) is 3.11. The molecule has 0 saturated carbocycles. The highest BCUT2D eigenvalue weighted by Crippen LogP contribution is 2.31. The highest BCUT2D eigenvalue weighted by atomic mass is 16.5. The maximum absolute atomic E-state index is 10.0. The molecular formula is C9H18O2. The van der Waals surface area contributed by atoms with Crippen molar-refractivity contribution in [3.05, 3.63) is 0 Å². The third kappa shape index (κ3) is 1.94. The van der Waals surface area contributed by atoms with Gasteiger partial charge >= 0.3 is 0 Å². The van der Waals surface area contributed by atoms with Crippen molar-refractivity contribution in [2.24, 2.45) is 5.92 Å². The lowest BCUT2D eigenvalue weighted by Gasteiger charge is -2.38. The Bertz CT molecular complexity index is 134. The van der Waals surface area contributed by atoms with Gasteiger partial charge in [0.2, 0.25) is 0 Å². The van der Waals surface area contributed by atoms with Gasteiger partial charge in [-0.25, -0.2) is 0 Å². The smallest absolute Gasteiger partial charge is 0.0717 e. The van der Waals surface area contributed by atoms with E-state index in [0.717, 1.165) is 12.8 Å². The third-order valence-electron chi connectivity index (χ3n) is 2.65. The lowest BCUT2D eigenvalue weighted by Crippen LogP contribution is -2.43. The van der Waals surface area contributed by atoms with Crippen LogP contribution in [-0.4, -0.2) is 23.4 Å². The fraction of sp³-hybridized carbons (Fsp3) is 1.00. The van der Waals surface area contributed by atoms with E-state index in [1.165, 1.54) is 0 Å². The van der Waals surface area contributed by atoms with Crippen molar-refractivity contribution >= 4 is 0 Å². The largest absolute Gasteiger partial charge is 0.389 e. The summed E-state index contributed by atoms with van der Waals surface area (Å²) < 4.78 is 5.36. The van der Waals surface area contributed by atoms with Gasteiger partial charge in [0.05, 0.1) is 11.7 Å². The highest BCUT2D eigenvalue weighted by molar-refractivity contribution is 4.86. The quantitative estimate of drug-likeness (QED) is 0.627. The van der Waals surface area contributed by atoms with Crippen LogP contribution in [0.4, 0.5) is 0 Å². The molecule has 0 amide bonds. The monoisotopic (exact) mass is 158 g/mol. The van der Waals surface area contributed by atoms with E-state index in [-0.39, 0.29) is 6.10 Å². The van der Waals surface area contributed by atoms with Crippen molar-refractivity contribution in [1.82, 2.24) is 0 Å². The van der Waals surface area contributed by atoms with Crippen LogP contribution in [0.2, 0.25) is 0 Å². The Hall–Kier alpha value is -0.0800. The van der Waals surface area contributed by atoms with E-state index in [0.29, 0.717) is 12.5 Å². The Balaban J connectivity index is 2.55. The molecule has 1 N–H and O–H groups in total. The lowest BCUT2D eigenvalue weighted by atomic mass is 9.81. The van der Waals surface area contributed by atoms with Crippen LogP contribution in [0.1, 0.15) is 33.6 Å². The fourth-order valence-electron chi connectivity index (χ4n) is 1.62. The first-order valence-electron chi connectivity index (χ1n) is 4.38. The summed E-state index contributed by atoms with van der Waals surface area (Å²) in [5.74, 6) is 0.342. The van der Waals surface area contributed by atoms with Gasteiger partial charge in [0.15, 0.2) is 0 Å². The fourth-order valence-corrected chi connectivity index (χ4v) is 1.62. The minimum absolute atomic E-state index is 0.219. The molecule has 0 spiro atoms. The first-order valence-corrected chi connectivity index (χ1v) is 4.38. The Morgan fingerprint density at radius 1 is 1.55 bits per heavy atom. The van der Waals surface area contributed by atoms with Crippen molar-refractivity contribution in [2.45, 2.75) is 45.3 Å². The van der Waals surface area contributed by atoms with E-state index >= 15 is 0 Å². The molecule has 11 heavy (non-hydrogen) atoms. The van der Waals surface area contributed by atoms with Gasteiger partial charge in [-0.15, -0.1) is 0 Å². The summed E-state index contributed by atoms with van der Waals surface area (Å²) >= 11 is 0. The summed E-state index contributed by atoms with van der Waals surface area (Å²) in [7, 11) is 0. The van der Waals surface area contributed by atoms with Crippen LogP contribution in [0, 0.1) is 5.92 Å². The van der Waals surface area contributed by atoms with E-state index < -0.39 is 5.60 Å². The summed E-state index contributed by atoms with van der Waals surface area (Å²) in [6.07, 6.45) is 1.79. The van der Waals surface area contributed by atoms with Crippen LogP contribution >= 0.6 is 0 Å².